The third-order valence-corrected chi connectivity index (χ3v) is 3.21. The number of carbonyl (C=O) groups excluding carboxylic acids is 3. The Morgan fingerprint density at radius 3 is 1.87 bits per heavy atom. The molecule has 0 spiro atoms. The number of hydrogen-bond acceptors (Lipinski definition) is 4. The Hall–Kier alpha value is -1.91. The highest BCUT2D eigenvalue weighted by Gasteiger charge is 2.06. The van der Waals surface area contributed by atoms with Crippen molar-refractivity contribution in [3.8, 4) is 0 Å². The van der Waals surface area contributed by atoms with Crippen LogP contribution in [-0.4, -0.2) is 24.4 Å². The highest BCUT2D eigenvalue weighted by Crippen LogP contribution is 2.08. The fourth-order valence-electron chi connectivity index (χ4n) is 1.88. The summed E-state index contributed by atoms with van der Waals surface area (Å²) in [6, 6.07) is 0. The summed E-state index contributed by atoms with van der Waals surface area (Å²) in [6.07, 6.45) is 12.5. The Bertz CT molecular complexity index is 411. The van der Waals surface area contributed by atoms with Crippen LogP contribution in [0.15, 0.2) is 24.3 Å². The van der Waals surface area contributed by atoms with Gasteiger partial charge in [0.1, 0.15) is 0 Å². The summed E-state index contributed by atoms with van der Waals surface area (Å²) in [5, 5.41) is 2.03. The number of amides is 2. The van der Waals surface area contributed by atoms with Gasteiger partial charge in [-0.05, 0) is 13.3 Å². The third-order valence-electron chi connectivity index (χ3n) is 3.21. The quantitative estimate of drug-likeness (QED) is 0.289. The van der Waals surface area contributed by atoms with E-state index < -0.39 is 0 Å². The van der Waals surface area contributed by atoms with E-state index in [1.807, 2.05) is 5.32 Å². The molecule has 0 saturated heterocycles. The van der Waals surface area contributed by atoms with Crippen molar-refractivity contribution in [3.05, 3.63) is 24.3 Å². The van der Waals surface area contributed by atoms with Crippen LogP contribution in [0, 0.1) is 0 Å². The van der Waals surface area contributed by atoms with E-state index in [0.717, 1.165) is 12.8 Å². The van der Waals surface area contributed by atoms with E-state index >= 15 is 0 Å². The van der Waals surface area contributed by atoms with Gasteiger partial charge in [0.2, 0.25) is 0 Å². The maximum absolute atomic E-state index is 11.0. The smallest absolute Gasteiger partial charge is 0.333 e. The number of hydrogen-bond donors (Lipinski definition) is 1. The van der Waals surface area contributed by atoms with Crippen molar-refractivity contribution in [2.75, 3.05) is 6.61 Å². The predicted molar refractivity (Wildman–Crippen MR) is 90.7 cm³/mol. The fourth-order valence-corrected chi connectivity index (χ4v) is 1.88. The molecule has 1 rings (SSSR count). The molecular weight excluding hydrogens is 294 g/mol. The molecule has 0 aromatic heterocycles. The molecule has 1 aliphatic heterocycles. The minimum atomic E-state index is -0.329. The van der Waals surface area contributed by atoms with Gasteiger partial charge in [0.15, 0.2) is 0 Å². The molecule has 1 heterocycles. The van der Waals surface area contributed by atoms with Crippen molar-refractivity contribution < 1.29 is 19.1 Å². The number of imide groups is 1. The monoisotopic (exact) mass is 323 g/mol. The van der Waals surface area contributed by atoms with Crippen LogP contribution in [0.5, 0.6) is 0 Å². The van der Waals surface area contributed by atoms with Gasteiger partial charge in [-0.2, -0.15) is 0 Å². The summed E-state index contributed by atoms with van der Waals surface area (Å²) >= 11 is 0. The van der Waals surface area contributed by atoms with E-state index in [1.54, 1.807) is 6.92 Å². The van der Waals surface area contributed by atoms with Crippen molar-refractivity contribution in [2.45, 2.75) is 65.2 Å². The van der Waals surface area contributed by atoms with Crippen LogP contribution < -0.4 is 5.32 Å². The van der Waals surface area contributed by atoms with E-state index in [-0.39, 0.29) is 17.8 Å². The van der Waals surface area contributed by atoms with Crippen LogP contribution in [-0.2, 0) is 19.1 Å². The summed E-state index contributed by atoms with van der Waals surface area (Å²) in [6.45, 7) is 7.99. The van der Waals surface area contributed by atoms with Crippen molar-refractivity contribution in [3.63, 3.8) is 0 Å². The van der Waals surface area contributed by atoms with Crippen LogP contribution in [0.3, 0.4) is 0 Å². The maximum Gasteiger partial charge on any atom is 0.333 e. The Morgan fingerprint density at radius 1 is 1.00 bits per heavy atom. The number of unbranched alkanes of at least 4 members (excludes halogenated alkanes) is 7. The lowest BCUT2D eigenvalue weighted by Gasteiger charge is -2.04. The second-order valence-corrected chi connectivity index (χ2v) is 5.58. The molecule has 5 nitrogen and oxygen atoms in total. The van der Waals surface area contributed by atoms with Gasteiger partial charge >= 0.3 is 5.97 Å². The lowest BCUT2D eigenvalue weighted by molar-refractivity contribution is -0.139. The third kappa shape index (κ3) is 13.5. The Balaban J connectivity index is 0.000000568. The number of rotatable bonds is 10. The van der Waals surface area contributed by atoms with Crippen molar-refractivity contribution in [1.29, 1.82) is 0 Å². The standard InChI is InChI=1S/C14H26O2.C4H3NO2/c1-4-5-6-7-8-9-10-11-12-16-14(15)13(2)3;6-3-1-2-4(7)5-3/h2,4-12H2,1,3H3;1-2H,(H,5,6,7). The second kappa shape index (κ2) is 13.7. The number of ether oxygens (including phenoxy) is 1. The van der Waals surface area contributed by atoms with Crippen molar-refractivity contribution in [2.24, 2.45) is 0 Å². The molecule has 1 aliphatic rings. The van der Waals surface area contributed by atoms with Gasteiger partial charge in [0, 0.05) is 17.7 Å². The molecule has 5 heteroatoms. The first-order valence-corrected chi connectivity index (χ1v) is 8.33. The van der Waals surface area contributed by atoms with Gasteiger partial charge < -0.3 is 4.74 Å². The lowest BCUT2D eigenvalue weighted by Crippen LogP contribution is -2.19. The molecule has 0 bridgehead atoms. The summed E-state index contributed by atoms with van der Waals surface area (Å²) < 4.78 is 5.01. The van der Waals surface area contributed by atoms with Crippen LogP contribution in [0.1, 0.15) is 65.2 Å². The number of carbonyl (C=O) groups is 3. The fraction of sp³-hybridized carbons (Fsp3) is 0.611. The molecular formula is C18H29NO4. The van der Waals surface area contributed by atoms with E-state index in [4.69, 9.17) is 4.74 Å². The van der Waals surface area contributed by atoms with E-state index in [2.05, 4.69) is 13.5 Å². The SMILES string of the molecule is C=C(C)C(=O)OCCCCCCCCCC.O=C1C=CC(=O)N1. The molecule has 0 aromatic rings. The lowest BCUT2D eigenvalue weighted by atomic mass is 10.1. The minimum Gasteiger partial charge on any atom is -0.462 e. The average Bonchev–Trinajstić information content (AvgIpc) is 2.89. The molecule has 2 amide bonds. The summed E-state index contributed by atoms with van der Waals surface area (Å²) in [4.78, 5) is 31.1. The van der Waals surface area contributed by atoms with Gasteiger partial charge in [0.25, 0.3) is 11.8 Å². The summed E-state index contributed by atoms with van der Waals surface area (Å²) in [7, 11) is 0. The first-order chi connectivity index (χ1) is 11.0. The number of esters is 1. The Morgan fingerprint density at radius 2 is 1.48 bits per heavy atom. The van der Waals surface area contributed by atoms with Gasteiger partial charge in [-0.3, -0.25) is 14.9 Å². The van der Waals surface area contributed by atoms with Crippen LogP contribution >= 0.6 is 0 Å². The first-order valence-electron chi connectivity index (χ1n) is 8.33. The molecule has 0 aromatic carbocycles. The van der Waals surface area contributed by atoms with E-state index in [1.165, 1.54) is 50.7 Å². The topological polar surface area (TPSA) is 72.5 Å². The molecule has 0 radical (unpaired) electrons. The Kier molecular flexibility index (Phi) is 12.6. The zero-order chi connectivity index (χ0) is 17.5. The second-order valence-electron chi connectivity index (χ2n) is 5.58. The summed E-state index contributed by atoms with van der Waals surface area (Å²) in [5.74, 6) is -0.919. The first kappa shape index (κ1) is 21.1. The zero-order valence-corrected chi connectivity index (χ0v) is 14.4. The Labute approximate surface area is 139 Å². The molecule has 0 fully saturated rings. The van der Waals surface area contributed by atoms with Crippen molar-refractivity contribution >= 4 is 17.8 Å². The molecule has 130 valence electrons. The molecule has 0 aliphatic carbocycles. The number of nitrogens with one attached hydrogen (secondary N) is 1. The molecule has 1 N–H and O–H groups in total. The highest BCUT2D eigenvalue weighted by molar-refractivity contribution is 6.12. The normalized spacial score (nSPS) is 12.4. The van der Waals surface area contributed by atoms with E-state index in [0.29, 0.717) is 12.2 Å². The average molecular weight is 323 g/mol. The van der Waals surface area contributed by atoms with Gasteiger partial charge in [-0.25, -0.2) is 4.79 Å². The largest absolute Gasteiger partial charge is 0.462 e. The van der Waals surface area contributed by atoms with Gasteiger partial charge in [0.05, 0.1) is 6.61 Å². The summed E-state index contributed by atoms with van der Waals surface area (Å²) in [5.41, 5.74) is 0.486. The zero-order valence-electron chi connectivity index (χ0n) is 14.4. The molecule has 0 unspecified atom stereocenters. The van der Waals surface area contributed by atoms with Crippen LogP contribution in [0.25, 0.3) is 0 Å². The molecule has 0 atom stereocenters. The van der Waals surface area contributed by atoms with Crippen LogP contribution in [0.4, 0.5) is 0 Å². The molecule has 23 heavy (non-hydrogen) atoms. The highest BCUT2D eigenvalue weighted by atomic mass is 16.5. The van der Waals surface area contributed by atoms with Gasteiger partial charge in [-0.1, -0.05) is 58.4 Å². The van der Waals surface area contributed by atoms with Crippen molar-refractivity contribution in [1.82, 2.24) is 5.32 Å². The predicted octanol–water partition coefficient (Wildman–Crippen LogP) is 3.45. The van der Waals surface area contributed by atoms with Gasteiger partial charge in [-0.15, -0.1) is 0 Å². The molecule has 0 saturated carbocycles. The van der Waals surface area contributed by atoms with Crippen LogP contribution in [0.2, 0.25) is 0 Å². The van der Waals surface area contributed by atoms with E-state index in [9.17, 15) is 14.4 Å². The maximum atomic E-state index is 11.0. The minimum absolute atomic E-state index is 0.261.